The molecule has 0 saturated carbocycles. The number of hydrogen-bond donors (Lipinski definition) is 0. The number of methoxy groups -OCH3 is 2. The number of benzene rings is 2. The molecule has 4 nitrogen and oxygen atoms in total. The van der Waals surface area contributed by atoms with Gasteiger partial charge in [0.25, 0.3) is 0 Å². The van der Waals surface area contributed by atoms with Gasteiger partial charge in [-0.3, -0.25) is 0 Å². The Kier molecular flexibility index (Phi) is 4.84. The fourth-order valence-corrected chi connectivity index (χ4v) is 2.85. The third-order valence-corrected chi connectivity index (χ3v) is 4.11. The normalized spacial score (nSPS) is 20.0. The highest BCUT2D eigenvalue weighted by Crippen LogP contribution is 2.38. The molecule has 3 rings (SSSR count). The van der Waals surface area contributed by atoms with Crippen LogP contribution in [0.25, 0.3) is 0 Å². The van der Waals surface area contributed by atoms with Crippen LogP contribution in [0.2, 0.25) is 0 Å². The van der Waals surface area contributed by atoms with Gasteiger partial charge in [0.05, 0.1) is 13.2 Å². The van der Waals surface area contributed by atoms with Crippen LogP contribution in [0.4, 0.5) is 0 Å². The highest BCUT2D eigenvalue weighted by Gasteiger charge is 2.26. The van der Waals surface area contributed by atoms with Gasteiger partial charge in [0.15, 0.2) is 17.8 Å². The van der Waals surface area contributed by atoms with Gasteiger partial charge in [-0.05, 0) is 35.7 Å². The van der Waals surface area contributed by atoms with Crippen LogP contribution >= 0.6 is 0 Å². The van der Waals surface area contributed by atoms with E-state index in [-0.39, 0.29) is 12.4 Å². The van der Waals surface area contributed by atoms with Crippen molar-refractivity contribution < 1.29 is 18.9 Å². The van der Waals surface area contributed by atoms with Gasteiger partial charge in [-0.1, -0.05) is 30.3 Å². The lowest BCUT2D eigenvalue weighted by Gasteiger charge is -2.30. The van der Waals surface area contributed by atoms with Crippen LogP contribution in [-0.2, 0) is 22.5 Å². The molecule has 0 aromatic heterocycles. The molecule has 0 unspecified atom stereocenters. The maximum Gasteiger partial charge on any atom is 0.162 e. The molecule has 2 atom stereocenters. The smallest absolute Gasteiger partial charge is 0.162 e. The number of hydrogen-bond acceptors (Lipinski definition) is 4. The van der Waals surface area contributed by atoms with Gasteiger partial charge in [-0.25, -0.2) is 0 Å². The van der Waals surface area contributed by atoms with E-state index in [9.17, 15) is 0 Å². The van der Waals surface area contributed by atoms with Crippen molar-refractivity contribution in [2.24, 2.45) is 0 Å². The maximum atomic E-state index is 5.97. The van der Waals surface area contributed by atoms with E-state index in [4.69, 9.17) is 18.9 Å². The molecule has 23 heavy (non-hydrogen) atoms. The lowest BCUT2D eigenvalue weighted by Crippen LogP contribution is -2.26. The minimum absolute atomic E-state index is 0.0336. The summed E-state index contributed by atoms with van der Waals surface area (Å²) in [7, 11) is 3.32. The van der Waals surface area contributed by atoms with Crippen LogP contribution in [-0.4, -0.2) is 20.5 Å². The molecule has 1 heterocycles. The standard InChI is InChI=1S/C19H22O4/c1-13-16-11-18(22-12-14-7-5-4-6-8-14)17(20-2)9-15(16)10-19(21-3)23-13/h4-9,11,13,19H,10,12H2,1-3H3/t13-,19-/m0/s1. The largest absolute Gasteiger partial charge is 0.493 e. The molecule has 0 fully saturated rings. The predicted molar refractivity (Wildman–Crippen MR) is 87.8 cm³/mol. The molecule has 1 aliphatic rings. The highest BCUT2D eigenvalue weighted by atomic mass is 16.7. The Morgan fingerprint density at radius 3 is 2.57 bits per heavy atom. The molecular formula is C19H22O4. The van der Waals surface area contributed by atoms with Gasteiger partial charge in [0.2, 0.25) is 0 Å². The average Bonchev–Trinajstić information content (AvgIpc) is 2.60. The molecule has 0 aliphatic carbocycles. The molecule has 0 N–H and O–H groups in total. The monoisotopic (exact) mass is 314 g/mol. The predicted octanol–water partition coefficient (Wildman–Crippen LogP) is 3.88. The third kappa shape index (κ3) is 3.49. The Morgan fingerprint density at radius 1 is 1.09 bits per heavy atom. The summed E-state index contributed by atoms with van der Waals surface area (Å²) in [5, 5.41) is 0. The van der Waals surface area contributed by atoms with Crippen LogP contribution in [0, 0.1) is 0 Å². The van der Waals surface area contributed by atoms with E-state index in [0.29, 0.717) is 13.0 Å². The van der Waals surface area contributed by atoms with Crippen molar-refractivity contribution in [3.05, 3.63) is 59.2 Å². The zero-order chi connectivity index (χ0) is 16.2. The number of ether oxygens (including phenoxy) is 4. The summed E-state index contributed by atoms with van der Waals surface area (Å²) < 4.78 is 22.6. The lowest BCUT2D eigenvalue weighted by atomic mass is 9.96. The van der Waals surface area contributed by atoms with Gasteiger partial charge in [-0.15, -0.1) is 0 Å². The fourth-order valence-electron chi connectivity index (χ4n) is 2.85. The SMILES string of the molecule is COc1cc2c(cc1OCc1ccccc1)[C@H](C)O[C@H](OC)C2. The molecule has 122 valence electrons. The minimum Gasteiger partial charge on any atom is -0.493 e. The highest BCUT2D eigenvalue weighted by molar-refractivity contribution is 5.49. The molecule has 4 heteroatoms. The summed E-state index contributed by atoms with van der Waals surface area (Å²) in [4.78, 5) is 0. The molecule has 0 bridgehead atoms. The second-order valence-electron chi connectivity index (χ2n) is 5.62. The maximum absolute atomic E-state index is 5.97. The van der Waals surface area contributed by atoms with E-state index in [1.165, 1.54) is 5.56 Å². The first-order chi connectivity index (χ1) is 11.2. The topological polar surface area (TPSA) is 36.9 Å². The van der Waals surface area contributed by atoms with E-state index < -0.39 is 0 Å². The van der Waals surface area contributed by atoms with Crippen molar-refractivity contribution in [3.8, 4) is 11.5 Å². The Bertz CT molecular complexity index is 654. The van der Waals surface area contributed by atoms with Crippen LogP contribution in [0.3, 0.4) is 0 Å². The zero-order valence-electron chi connectivity index (χ0n) is 13.7. The molecule has 0 radical (unpaired) electrons. The molecule has 1 aliphatic heterocycles. The first-order valence-electron chi connectivity index (χ1n) is 7.77. The van der Waals surface area contributed by atoms with Gasteiger partial charge >= 0.3 is 0 Å². The van der Waals surface area contributed by atoms with E-state index in [1.807, 2.05) is 49.4 Å². The van der Waals surface area contributed by atoms with Gasteiger partial charge < -0.3 is 18.9 Å². The Labute approximate surface area is 136 Å². The summed E-state index contributed by atoms with van der Waals surface area (Å²) in [6.45, 7) is 2.53. The van der Waals surface area contributed by atoms with E-state index in [2.05, 4.69) is 0 Å². The average molecular weight is 314 g/mol. The Morgan fingerprint density at radius 2 is 1.87 bits per heavy atom. The second kappa shape index (κ2) is 7.02. The van der Waals surface area contributed by atoms with Crippen LogP contribution in [0.5, 0.6) is 11.5 Å². The van der Waals surface area contributed by atoms with E-state index >= 15 is 0 Å². The molecule has 0 spiro atoms. The molecule has 0 saturated heterocycles. The van der Waals surface area contributed by atoms with Gasteiger partial charge in [0.1, 0.15) is 6.61 Å². The van der Waals surface area contributed by atoms with Crippen molar-refractivity contribution in [2.45, 2.75) is 32.3 Å². The molecule has 2 aromatic carbocycles. The summed E-state index contributed by atoms with van der Waals surface area (Å²) in [5.74, 6) is 1.48. The van der Waals surface area contributed by atoms with Crippen LogP contribution in [0.1, 0.15) is 29.7 Å². The minimum atomic E-state index is -0.210. The van der Waals surface area contributed by atoms with Crippen molar-refractivity contribution >= 4 is 0 Å². The molecule has 2 aromatic rings. The van der Waals surface area contributed by atoms with Crippen molar-refractivity contribution in [2.75, 3.05) is 14.2 Å². The molecular weight excluding hydrogens is 292 g/mol. The molecule has 0 amide bonds. The van der Waals surface area contributed by atoms with Crippen molar-refractivity contribution in [1.29, 1.82) is 0 Å². The van der Waals surface area contributed by atoms with E-state index in [0.717, 1.165) is 22.6 Å². The van der Waals surface area contributed by atoms with Gasteiger partial charge in [-0.2, -0.15) is 0 Å². The summed E-state index contributed by atoms with van der Waals surface area (Å²) in [6, 6.07) is 14.1. The quantitative estimate of drug-likeness (QED) is 0.839. The first-order valence-corrected chi connectivity index (χ1v) is 7.77. The zero-order valence-corrected chi connectivity index (χ0v) is 13.7. The van der Waals surface area contributed by atoms with Gasteiger partial charge in [0, 0.05) is 13.5 Å². The lowest BCUT2D eigenvalue weighted by molar-refractivity contribution is -0.159. The number of rotatable bonds is 5. The van der Waals surface area contributed by atoms with Crippen molar-refractivity contribution in [1.82, 2.24) is 0 Å². The number of fused-ring (bicyclic) bond motifs is 1. The summed E-state index contributed by atoms with van der Waals surface area (Å²) in [5.41, 5.74) is 3.43. The van der Waals surface area contributed by atoms with E-state index in [1.54, 1.807) is 14.2 Å². The van der Waals surface area contributed by atoms with Crippen LogP contribution in [0.15, 0.2) is 42.5 Å². The Hall–Kier alpha value is -2.04. The second-order valence-corrected chi connectivity index (χ2v) is 5.62. The summed E-state index contributed by atoms with van der Waals surface area (Å²) >= 11 is 0. The summed E-state index contributed by atoms with van der Waals surface area (Å²) in [6.07, 6.45) is 0.470. The van der Waals surface area contributed by atoms with Crippen molar-refractivity contribution in [3.63, 3.8) is 0 Å². The van der Waals surface area contributed by atoms with Crippen LogP contribution < -0.4 is 9.47 Å². The Balaban J connectivity index is 1.84. The third-order valence-electron chi connectivity index (χ3n) is 4.11. The fraction of sp³-hybridized carbons (Fsp3) is 0.368. The first kappa shape index (κ1) is 15.8.